The Bertz CT molecular complexity index is 175. The van der Waals surface area contributed by atoms with Crippen LogP contribution >= 0.6 is 0 Å². The van der Waals surface area contributed by atoms with Crippen LogP contribution in [0.15, 0.2) is 11.5 Å². The Morgan fingerprint density at radius 3 is 2.55 bits per heavy atom. The third kappa shape index (κ3) is 1.46. The zero-order valence-electron chi connectivity index (χ0n) is 6.06. The monoisotopic (exact) mass is 160 g/mol. The lowest BCUT2D eigenvalue weighted by Gasteiger charge is -2.25. The van der Waals surface area contributed by atoms with Crippen molar-refractivity contribution in [3.63, 3.8) is 0 Å². The summed E-state index contributed by atoms with van der Waals surface area (Å²) in [6.07, 6.45) is -0.268. The van der Waals surface area contributed by atoms with Gasteiger partial charge in [0.2, 0.25) is 0 Å². The van der Waals surface area contributed by atoms with Crippen LogP contribution in [0.5, 0.6) is 0 Å². The van der Waals surface area contributed by atoms with Crippen LogP contribution in [0.4, 0.5) is 0 Å². The molecule has 0 spiro atoms. The molecular weight excluding hydrogens is 148 g/mol. The molecule has 4 nitrogen and oxygen atoms in total. The largest absolute Gasteiger partial charge is 0.509 e. The summed E-state index contributed by atoms with van der Waals surface area (Å²) < 4.78 is 0. The predicted molar refractivity (Wildman–Crippen MR) is 38.1 cm³/mol. The molecule has 0 heterocycles. The molecule has 0 radical (unpaired) electrons. The van der Waals surface area contributed by atoms with Gasteiger partial charge in [-0.05, 0) is 6.42 Å². The van der Waals surface area contributed by atoms with E-state index in [-0.39, 0.29) is 18.3 Å². The van der Waals surface area contributed by atoms with Gasteiger partial charge >= 0.3 is 0 Å². The average molecular weight is 160 g/mol. The fourth-order valence-electron chi connectivity index (χ4n) is 1.19. The van der Waals surface area contributed by atoms with E-state index in [1.165, 1.54) is 0 Å². The highest BCUT2D eigenvalue weighted by molar-refractivity contribution is 5.09. The van der Waals surface area contributed by atoms with Crippen LogP contribution < -0.4 is 0 Å². The summed E-state index contributed by atoms with van der Waals surface area (Å²) in [6, 6.07) is 0. The second-order valence-electron chi connectivity index (χ2n) is 2.76. The summed E-state index contributed by atoms with van der Waals surface area (Å²) in [6.45, 7) is -0.168. The van der Waals surface area contributed by atoms with E-state index in [4.69, 9.17) is 15.3 Å². The molecule has 1 rings (SSSR count). The summed E-state index contributed by atoms with van der Waals surface area (Å²) in [5, 5.41) is 35.8. The quantitative estimate of drug-likeness (QED) is 0.438. The number of hydrogen-bond donors (Lipinski definition) is 4. The van der Waals surface area contributed by atoms with Gasteiger partial charge in [0.05, 0.1) is 0 Å². The highest BCUT2D eigenvalue weighted by Crippen LogP contribution is 2.26. The number of aliphatic hydroxyl groups is 4. The van der Waals surface area contributed by atoms with Gasteiger partial charge in [-0.15, -0.1) is 0 Å². The zero-order valence-corrected chi connectivity index (χ0v) is 6.06. The van der Waals surface area contributed by atoms with Crippen LogP contribution in [0.25, 0.3) is 0 Å². The minimum Gasteiger partial charge on any atom is -0.509 e. The summed E-state index contributed by atoms with van der Waals surface area (Å²) in [7, 11) is 0. The van der Waals surface area contributed by atoms with Crippen molar-refractivity contribution >= 4 is 0 Å². The van der Waals surface area contributed by atoms with E-state index < -0.39 is 11.9 Å². The second kappa shape index (κ2) is 3.11. The molecule has 4 N–H and O–H groups in total. The van der Waals surface area contributed by atoms with Gasteiger partial charge in [-0.1, -0.05) is 0 Å². The Balaban J connectivity index is 2.73. The Morgan fingerprint density at radius 1 is 1.36 bits per heavy atom. The maximum Gasteiger partial charge on any atom is 0.159 e. The molecule has 2 unspecified atom stereocenters. The van der Waals surface area contributed by atoms with Gasteiger partial charge in [0.15, 0.2) is 5.76 Å². The number of allylic oxidation sites excluding steroid dienone is 1. The van der Waals surface area contributed by atoms with Gasteiger partial charge in [-0.2, -0.15) is 0 Å². The van der Waals surface area contributed by atoms with Gasteiger partial charge in [0, 0.05) is 18.9 Å². The van der Waals surface area contributed by atoms with Crippen molar-refractivity contribution in [3.8, 4) is 0 Å². The van der Waals surface area contributed by atoms with E-state index in [1.54, 1.807) is 0 Å². The molecule has 0 amide bonds. The Labute approximate surface area is 64.4 Å². The fraction of sp³-hybridized carbons (Fsp3) is 0.714. The summed E-state index contributed by atoms with van der Waals surface area (Å²) in [5.41, 5.74) is 0. The normalized spacial score (nSPS) is 32.5. The first-order chi connectivity index (χ1) is 5.16. The smallest absolute Gasteiger partial charge is 0.159 e. The first kappa shape index (κ1) is 8.36. The molecule has 64 valence electrons. The molecule has 0 aliphatic heterocycles. The van der Waals surface area contributed by atoms with Crippen molar-refractivity contribution in [2.45, 2.75) is 18.9 Å². The maximum absolute atomic E-state index is 9.18. The van der Waals surface area contributed by atoms with Crippen molar-refractivity contribution in [2.75, 3.05) is 6.61 Å². The summed E-state index contributed by atoms with van der Waals surface area (Å²) in [4.78, 5) is 0. The predicted octanol–water partition coefficient (Wildman–Crippen LogP) is 0.0772. The van der Waals surface area contributed by atoms with E-state index in [2.05, 4.69) is 0 Å². The lowest BCUT2D eigenvalue weighted by atomic mass is 9.90. The van der Waals surface area contributed by atoms with Crippen LogP contribution in [0.2, 0.25) is 0 Å². The molecule has 0 aromatic carbocycles. The van der Waals surface area contributed by atoms with E-state index >= 15 is 0 Å². The molecular formula is C7H12O4. The summed E-state index contributed by atoms with van der Waals surface area (Å²) in [5.74, 6) is -0.900. The number of hydrogen-bond acceptors (Lipinski definition) is 4. The minimum atomic E-state index is -1.10. The topological polar surface area (TPSA) is 80.9 Å². The maximum atomic E-state index is 9.18. The van der Waals surface area contributed by atoms with Crippen molar-refractivity contribution in [1.29, 1.82) is 0 Å². The first-order valence-electron chi connectivity index (χ1n) is 3.56. The standard InChI is InChI=1S/C7H12O4/c8-3-4-1-2-5(9)7(11)6(4)10/h4,6,8-11H,1-3H2. The van der Waals surface area contributed by atoms with Crippen LogP contribution in [0, 0.1) is 5.92 Å². The van der Waals surface area contributed by atoms with Crippen LogP contribution in [-0.4, -0.2) is 33.1 Å². The van der Waals surface area contributed by atoms with Crippen molar-refractivity contribution in [2.24, 2.45) is 5.92 Å². The van der Waals surface area contributed by atoms with Crippen LogP contribution in [0.3, 0.4) is 0 Å². The molecule has 2 atom stereocenters. The van der Waals surface area contributed by atoms with Gasteiger partial charge in [-0.25, -0.2) is 0 Å². The van der Waals surface area contributed by atoms with Gasteiger partial charge in [0.25, 0.3) is 0 Å². The lowest BCUT2D eigenvalue weighted by molar-refractivity contribution is 0.0362. The van der Waals surface area contributed by atoms with E-state index in [0.717, 1.165) is 0 Å². The van der Waals surface area contributed by atoms with Crippen LogP contribution in [-0.2, 0) is 0 Å². The van der Waals surface area contributed by atoms with Crippen molar-refractivity contribution in [3.05, 3.63) is 11.5 Å². The third-order valence-corrected chi connectivity index (χ3v) is 2.01. The highest BCUT2D eigenvalue weighted by Gasteiger charge is 2.29. The third-order valence-electron chi connectivity index (χ3n) is 2.01. The van der Waals surface area contributed by atoms with Gasteiger partial charge in [0.1, 0.15) is 11.9 Å². The number of rotatable bonds is 1. The van der Waals surface area contributed by atoms with Crippen LogP contribution in [0.1, 0.15) is 12.8 Å². The van der Waals surface area contributed by atoms with E-state index in [0.29, 0.717) is 12.8 Å². The zero-order chi connectivity index (χ0) is 8.43. The fourth-order valence-corrected chi connectivity index (χ4v) is 1.19. The Hall–Kier alpha value is -0.740. The Morgan fingerprint density at radius 2 is 2.00 bits per heavy atom. The number of aliphatic hydroxyl groups excluding tert-OH is 4. The molecule has 1 aliphatic carbocycles. The molecule has 0 aromatic heterocycles. The van der Waals surface area contributed by atoms with Crippen molar-refractivity contribution in [1.82, 2.24) is 0 Å². The van der Waals surface area contributed by atoms with Gasteiger partial charge in [-0.3, -0.25) is 0 Å². The molecule has 0 fully saturated rings. The lowest BCUT2D eigenvalue weighted by Crippen LogP contribution is -2.30. The minimum absolute atomic E-state index is 0.165. The van der Waals surface area contributed by atoms with Crippen molar-refractivity contribution < 1.29 is 20.4 Å². The summed E-state index contributed by atoms with van der Waals surface area (Å²) >= 11 is 0. The van der Waals surface area contributed by atoms with Gasteiger partial charge < -0.3 is 20.4 Å². The highest BCUT2D eigenvalue weighted by atomic mass is 16.3. The molecule has 0 saturated heterocycles. The molecule has 0 aromatic rings. The SMILES string of the molecule is OCC1CCC(O)=C(O)C1O. The average Bonchev–Trinajstić information content (AvgIpc) is 2.01. The molecule has 0 bridgehead atoms. The molecule has 0 saturated carbocycles. The first-order valence-corrected chi connectivity index (χ1v) is 3.56. The molecule has 4 heteroatoms. The van der Waals surface area contributed by atoms with E-state index in [1.807, 2.05) is 0 Å². The van der Waals surface area contributed by atoms with E-state index in [9.17, 15) is 5.11 Å². The Kier molecular flexibility index (Phi) is 2.36. The second-order valence-corrected chi connectivity index (χ2v) is 2.76. The molecule has 11 heavy (non-hydrogen) atoms. The molecule has 1 aliphatic rings.